The fourth-order valence-corrected chi connectivity index (χ4v) is 3.26. The molecular formula is C20H23N3O4. The van der Waals surface area contributed by atoms with Crippen LogP contribution in [0.2, 0.25) is 0 Å². The molecule has 1 aromatic heterocycles. The van der Waals surface area contributed by atoms with Gasteiger partial charge in [-0.25, -0.2) is 9.78 Å². The van der Waals surface area contributed by atoms with Crippen molar-refractivity contribution >= 4 is 11.9 Å². The van der Waals surface area contributed by atoms with E-state index in [9.17, 15) is 9.59 Å². The number of piperidine rings is 1. The lowest BCUT2D eigenvalue weighted by molar-refractivity contribution is 0.0511. The zero-order valence-corrected chi connectivity index (χ0v) is 15.8. The first-order chi connectivity index (χ1) is 13.0. The Labute approximate surface area is 158 Å². The number of hydrogen-bond acceptors (Lipinski definition) is 6. The third kappa shape index (κ3) is 4.42. The maximum Gasteiger partial charge on any atom is 0.338 e. The second kappa shape index (κ2) is 8.16. The summed E-state index contributed by atoms with van der Waals surface area (Å²) in [6.45, 7) is 4.77. The molecule has 7 nitrogen and oxygen atoms in total. The number of carbonyl (C=O) groups is 2. The Bertz CT molecular complexity index is 833. The van der Waals surface area contributed by atoms with E-state index in [0.717, 1.165) is 18.5 Å². The van der Waals surface area contributed by atoms with E-state index in [1.807, 2.05) is 13.8 Å². The minimum absolute atomic E-state index is 0.151. The number of hydrogen-bond donors (Lipinski definition) is 0. The van der Waals surface area contributed by atoms with E-state index >= 15 is 0 Å². The molecule has 0 radical (unpaired) electrons. The fraction of sp³-hybridized carbons (Fsp3) is 0.400. The van der Waals surface area contributed by atoms with Gasteiger partial charge in [0.1, 0.15) is 11.9 Å². The van der Waals surface area contributed by atoms with Crippen molar-refractivity contribution in [2.24, 2.45) is 0 Å². The molecule has 0 saturated carbocycles. The summed E-state index contributed by atoms with van der Waals surface area (Å²) in [4.78, 5) is 35.2. The number of ether oxygens (including phenoxy) is 2. The quantitative estimate of drug-likeness (QED) is 0.771. The van der Waals surface area contributed by atoms with Crippen LogP contribution in [0.25, 0.3) is 0 Å². The van der Waals surface area contributed by atoms with Crippen LogP contribution in [0.4, 0.5) is 0 Å². The molecule has 0 bridgehead atoms. The average molecular weight is 369 g/mol. The van der Waals surface area contributed by atoms with Crippen LogP contribution < -0.4 is 4.74 Å². The molecule has 0 N–H and O–H groups in total. The Morgan fingerprint density at radius 2 is 1.89 bits per heavy atom. The molecule has 1 aliphatic rings. The molecule has 2 heterocycles. The van der Waals surface area contributed by atoms with Gasteiger partial charge in [0.2, 0.25) is 5.88 Å². The molecule has 2 aromatic rings. The molecule has 1 aromatic carbocycles. The smallest absolute Gasteiger partial charge is 0.338 e. The molecule has 1 amide bonds. The highest BCUT2D eigenvalue weighted by Gasteiger charge is 2.28. The lowest BCUT2D eigenvalue weighted by Crippen LogP contribution is -2.44. The van der Waals surface area contributed by atoms with Gasteiger partial charge in [-0.05, 0) is 38.8 Å². The Hall–Kier alpha value is -2.96. The second-order valence-corrected chi connectivity index (χ2v) is 6.57. The van der Waals surface area contributed by atoms with Crippen molar-refractivity contribution in [3.8, 4) is 5.88 Å². The second-order valence-electron chi connectivity index (χ2n) is 6.57. The highest BCUT2D eigenvalue weighted by atomic mass is 16.5. The van der Waals surface area contributed by atoms with Gasteiger partial charge < -0.3 is 14.4 Å². The van der Waals surface area contributed by atoms with E-state index in [1.54, 1.807) is 35.2 Å². The normalized spacial score (nSPS) is 16.7. The average Bonchev–Trinajstić information content (AvgIpc) is 2.66. The Kier molecular flexibility index (Phi) is 5.69. The summed E-state index contributed by atoms with van der Waals surface area (Å²) in [5.41, 5.74) is 1.46. The van der Waals surface area contributed by atoms with Crippen LogP contribution in [0.3, 0.4) is 0 Å². The number of aromatic nitrogens is 2. The van der Waals surface area contributed by atoms with Crippen molar-refractivity contribution in [2.75, 3.05) is 20.2 Å². The monoisotopic (exact) mass is 369 g/mol. The van der Waals surface area contributed by atoms with Gasteiger partial charge in [0.05, 0.1) is 24.8 Å². The molecule has 0 aliphatic carbocycles. The predicted octanol–water partition coefficient (Wildman–Crippen LogP) is 2.56. The van der Waals surface area contributed by atoms with E-state index in [2.05, 4.69) is 9.97 Å². The van der Waals surface area contributed by atoms with Crippen LogP contribution in [0.1, 0.15) is 45.1 Å². The highest BCUT2D eigenvalue weighted by Crippen LogP contribution is 2.21. The number of amides is 1. The van der Waals surface area contributed by atoms with Crippen molar-refractivity contribution in [3.63, 3.8) is 0 Å². The summed E-state index contributed by atoms with van der Waals surface area (Å²) in [5, 5.41) is 0. The van der Waals surface area contributed by atoms with Crippen molar-refractivity contribution in [1.82, 2.24) is 14.9 Å². The molecule has 1 aliphatic heterocycles. The SMILES string of the molecule is COC(=O)c1ccccc1C(=O)N1CCC[C@@H](Oc2cc(C)nc(C)n2)C1. The summed E-state index contributed by atoms with van der Waals surface area (Å²) < 4.78 is 10.8. The van der Waals surface area contributed by atoms with Gasteiger partial charge in [0.25, 0.3) is 5.91 Å². The summed E-state index contributed by atoms with van der Waals surface area (Å²) in [5.74, 6) is 0.463. The fourth-order valence-electron chi connectivity index (χ4n) is 3.26. The van der Waals surface area contributed by atoms with Crippen LogP contribution in [0, 0.1) is 13.8 Å². The number of esters is 1. The highest BCUT2D eigenvalue weighted by molar-refractivity contribution is 6.05. The van der Waals surface area contributed by atoms with Gasteiger partial charge in [0.15, 0.2) is 0 Å². The maximum absolute atomic E-state index is 13.0. The summed E-state index contributed by atoms with van der Waals surface area (Å²) in [6, 6.07) is 8.49. The van der Waals surface area contributed by atoms with E-state index in [-0.39, 0.29) is 17.6 Å². The third-order valence-electron chi connectivity index (χ3n) is 4.46. The maximum atomic E-state index is 13.0. The van der Waals surface area contributed by atoms with Gasteiger partial charge in [0, 0.05) is 18.3 Å². The Morgan fingerprint density at radius 1 is 1.15 bits per heavy atom. The van der Waals surface area contributed by atoms with Crippen molar-refractivity contribution in [3.05, 3.63) is 53.0 Å². The summed E-state index contributed by atoms with van der Waals surface area (Å²) >= 11 is 0. The first kappa shape index (κ1) is 18.8. The van der Waals surface area contributed by atoms with Gasteiger partial charge in [-0.3, -0.25) is 4.79 Å². The summed E-state index contributed by atoms with van der Waals surface area (Å²) in [7, 11) is 1.31. The van der Waals surface area contributed by atoms with Gasteiger partial charge in [-0.2, -0.15) is 4.98 Å². The number of aryl methyl sites for hydroxylation is 2. The van der Waals surface area contributed by atoms with Crippen LogP contribution in [-0.2, 0) is 4.74 Å². The van der Waals surface area contributed by atoms with Crippen molar-refractivity contribution in [1.29, 1.82) is 0 Å². The van der Waals surface area contributed by atoms with Crippen LogP contribution in [0.15, 0.2) is 30.3 Å². The molecule has 1 saturated heterocycles. The van der Waals surface area contributed by atoms with Crippen LogP contribution in [0.5, 0.6) is 5.88 Å². The number of nitrogens with zero attached hydrogens (tertiary/aromatic N) is 3. The van der Waals surface area contributed by atoms with Crippen molar-refractivity contribution in [2.45, 2.75) is 32.8 Å². The lowest BCUT2D eigenvalue weighted by Gasteiger charge is -2.33. The van der Waals surface area contributed by atoms with E-state index in [1.165, 1.54) is 7.11 Å². The number of benzene rings is 1. The summed E-state index contributed by atoms with van der Waals surface area (Å²) in [6.07, 6.45) is 1.51. The molecule has 27 heavy (non-hydrogen) atoms. The van der Waals surface area contributed by atoms with E-state index in [4.69, 9.17) is 9.47 Å². The first-order valence-electron chi connectivity index (χ1n) is 8.93. The minimum Gasteiger partial charge on any atom is -0.472 e. The molecule has 1 fully saturated rings. The zero-order valence-electron chi connectivity index (χ0n) is 15.8. The Balaban J connectivity index is 1.74. The zero-order chi connectivity index (χ0) is 19.4. The van der Waals surface area contributed by atoms with Crippen molar-refractivity contribution < 1.29 is 19.1 Å². The minimum atomic E-state index is -0.518. The topological polar surface area (TPSA) is 81.6 Å². The molecule has 3 rings (SSSR count). The van der Waals surface area contributed by atoms with E-state index in [0.29, 0.717) is 30.4 Å². The molecular weight excluding hydrogens is 346 g/mol. The lowest BCUT2D eigenvalue weighted by atomic mass is 10.0. The molecule has 1 atom stereocenters. The van der Waals surface area contributed by atoms with Crippen LogP contribution in [-0.4, -0.2) is 53.0 Å². The molecule has 0 spiro atoms. The number of likely N-dealkylation sites (tertiary alicyclic amines) is 1. The van der Waals surface area contributed by atoms with Gasteiger partial charge in [-0.15, -0.1) is 0 Å². The Morgan fingerprint density at radius 3 is 2.59 bits per heavy atom. The standard InChI is InChI=1S/C20H23N3O4/c1-13-11-18(22-14(2)21-13)27-15-7-6-10-23(12-15)19(24)16-8-4-5-9-17(16)20(25)26-3/h4-5,8-9,11,15H,6-7,10,12H2,1-3H3/t15-/m1/s1. The third-order valence-corrected chi connectivity index (χ3v) is 4.46. The molecule has 0 unspecified atom stereocenters. The number of carbonyl (C=O) groups excluding carboxylic acids is 2. The van der Waals surface area contributed by atoms with Gasteiger partial charge >= 0.3 is 5.97 Å². The number of rotatable bonds is 4. The number of methoxy groups -OCH3 is 1. The largest absolute Gasteiger partial charge is 0.472 e. The first-order valence-corrected chi connectivity index (χ1v) is 8.93. The molecule has 7 heteroatoms. The molecule has 142 valence electrons. The van der Waals surface area contributed by atoms with Crippen LogP contribution >= 0.6 is 0 Å². The van der Waals surface area contributed by atoms with Gasteiger partial charge in [-0.1, -0.05) is 12.1 Å². The van der Waals surface area contributed by atoms with E-state index < -0.39 is 5.97 Å². The predicted molar refractivity (Wildman–Crippen MR) is 98.8 cm³/mol.